The van der Waals surface area contributed by atoms with Crippen molar-refractivity contribution >= 4 is 62.6 Å². The number of carbonyl (C=O) groups excluding carboxylic acids is 3. The molecule has 0 radical (unpaired) electrons. The van der Waals surface area contributed by atoms with E-state index in [1.165, 1.54) is 55.6 Å². The van der Waals surface area contributed by atoms with Gasteiger partial charge in [0.25, 0.3) is 15.9 Å². The number of hydrogen-bond donors (Lipinski definition) is 2. The predicted molar refractivity (Wildman–Crippen MR) is 159 cm³/mol. The first-order valence-corrected chi connectivity index (χ1v) is 14.9. The van der Waals surface area contributed by atoms with Crippen LogP contribution in [0.5, 0.6) is 5.75 Å². The lowest BCUT2D eigenvalue weighted by molar-refractivity contribution is -0.121. The van der Waals surface area contributed by atoms with Crippen LogP contribution in [0.3, 0.4) is 0 Å². The van der Waals surface area contributed by atoms with Gasteiger partial charge in [-0.2, -0.15) is 4.31 Å². The van der Waals surface area contributed by atoms with Gasteiger partial charge in [-0.3, -0.25) is 10.1 Å². The van der Waals surface area contributed by atoms with Crippen molar-refractivity contribution in [1.82, 2.24) is 10.2 Å². The number of nitrogens with one attached hydrogen (secondary N) is 2. The van der Waals surface area contributed by atoms with Gasteiger partial charge in [-0.1, -0.05) is 41.4 Å². The molecular weight excluding hydrogens is 607 g/mol. The third-order valence-corrected chi connectivity index (χ3v) is 9.12. The molecule has 0 bridgehead atoms. The molecule has 0 aromatic heterocycles. The number of carbonyl (C=O) groups is 3. The Labute approximate surface area is 253 Å². The van der Waals surface area contributed by atoms with E-state index in [1.54, 1.807) is 17.0 Å². The number of urea groups is 1. The third kappa shape index (κ3) is 5.21. The van der Waals surface area contributed by atoms with Crippen LogP contribution in [0.15, 0.2) is 65.6 Å². The van der Waals surface area contributed by atoms with Crippen LogP contribution in [-0.2, 0) is 25.1 Å². The first-order chi connectivity index (χ1) is 20.0. The maximum atomic E-state index is 14.4. The van der Waals surface area contributed by atoms with Gasteiger partial charge in [0.15, 0.2) is 5.54 Å². The molecule has 11 nitrogen and oxygen atoms in total. The standard InChI is InChI=1S/C28H28Cl2N4O7S/c1-5-33(6-2)26(36)31-18-12-14-24(23(16-18)40-3)42(38,39)34-22-13-11-17(29)15-20(22)28(25(34)35,32-27(37)41-4)19-9-7-8-10-21(19)30/h7-16H,5-6H2,1-4H3,(H,31,36)(H,32,37). The average Bonchev–Trinajstić information content (AvgIpc) is 3.21. The lowest BCUT2D eigenvalue weighted by Gasteiger charge is -2.30. The zero-order valence-corrected chi connectivity index (χ0v) is 25.4. The van der Waals surface area contributed by atoms with Crippen molar-refractivity contribution < 1.29 is 32.3 Å². The van der Waals surface area contributed by atoms with Gasteiger partial charge in [-0.15, -0.1) is 0 Å². The fourth-order valence-corrected chi connectivity index (χ4v) is 6.85. The smallest absolute Gasteiger partial charge is 0.408 e. The molecule has 4 amide bonds. The number of sulfonamides is 1. The van der Waals surface area contributed by atoms with Gasteiger partial charge in [-0.25, -0.2) is 18.0 Å². The van der Waals surface area contributed by atoms with Crippen LogP contribution in [-0.4, -0.2) is 58.7 Å². The van der Waals surface area contributed by atoms with Gasteiger partial charge >= 0.3 is 12.1 Å². The zero-order valence-electron chi connectivity index (χ0n) is 23.1. The normalized spacial score (nSPS) is 16.0. The number of fused-ring (bicyclic) bond motifs is 1. The van der Waals surface area contributed by atoms with E-state index in [0.717, 1.165) is 7.11 Å². The second kappa shape index (κ2) is 12.1. The minimum atomic E-state index is -4.70. The van der Waals surface area contributed by atoms with Gasteiger partial charge in [-0.05, 0) is 50.2 Å². The maximum Gasteiger partial charge on any atom is 0.408 e. The predicted octanol–water partition coefficient (Wildman–Crippen LogP) is 5.21. The molecule has 1 unspecified atom stereocenters. The molecule has 14 heteroatoms. The van der Waals surface area contributed by atoms with Crippen LogP contribution in [0, 0.1) is 0 Å². The Morgan fingerprint density at radius 3 is 2.29 bits per heavy atom. The quantitative estimate of drug-likeness (QED) is 0.347. The number of halogens is 2. The molecular formula is C28H28Cl2N4O7S. The van der Waals surface area contributed by atoms with E-state index >= 15 is 0 Å². The van der Waals surface area contributed by atoms with Crippen LogP contribution in [0.25, 0.3) is 0 Å². The van der Waals surface area contributed by atoms with Crippen molar-refractivity contribution in [3.8, 4) is 5.75 Å². The molecule has 2 N–H and O–H groups in total. The van der Waals surface area contributed by atoms with Crippen molar-refractivity contribution in [2.75, 3.05) is 36.9 Å². The summed E-state index contributed by atoms with van der Waals surface area (Å²) in [4.78, 5) is 40.8. The summed E-state index contributed by atoms with van der Waals surface area (Å²) in [5.41, 5.74) is -1.75. The summed E-state index contributed by atoms with van der Waals surface area (Å²) in [5.74, 6) is -1.19. The highest BCUT2D eigenvalue weighted by Gasteiger charge is 2.58. The Morgan fingerprint density at radius 1 is 0.976 bits per heavy atom. The molecule has 42 heavy (non-hydrogen) atoms. The highest BCUT2D eigenvalue weighted by molar-refractivity contribution is 7.93. The first kappa shape index (κ1) is 30.9. The largest absolute Gasteiger partial charge is 0.495 e. The molecule has 3 aromatic carbocycles. The van der Waals surface area contributed by atoms with Crippen LogP contribution in [0.2, 0.25) is 10.0 Å². The van der Waals surface area contributed by atoms with Gasteiger partial charge in [0.2, 0.25) is 0 Å². The molecule has 1 aliphatic heterocycles. The summed E-state index contributed by atoms with van der Waals surface area (Å²) < 4.78 is 39.3. The molecule has 1 aliphatic rings. The van der Waals surface area contributed by atoms with E-state index in [0.29, 0.717) is 17.4 Å². The summed E-state index contributed by atoms with van der Waals surface area (Å²) in [5, 5.41) is 5.49. The van der Waals surface area contributed by atoms with Gasteiger partial charge < -0.3 is 19.7 Å². The third-order valence-electron chi connectivity index (χ3n) is 6.82. The zero-order chi connectivity index (χ0) is 30.8. The van der Waals surface area contributed by atoms with E-state index in [-0.39, 0.29) is 49.2 Å². The first-order valence-electron chi connectivity index (χ1n) is 12.7. The Kier molecular flexibility index (Phi) is 8.90. The van der Waals surface area contributed by atoms with E-state index in [4.69, 9.17) is 32.7 Å². The van der Waals surface area contributed by atoms with Gasteiger partial charge in [0.1, 0.15) is 10.6 Å². The maximum absolute atomic E-state index is 14.4. The molecule has 222 valence electrons. The summed E-state index contributed by atoms with van der Waals surface area (Å²) in [6.07, 6.45) is -1.01. The highest BCUT2D eigenvalue weighted by atomic mass is 35.5. The second-order valence-corrected chi connectivity index (χ2v) is 11.6. The summed E-state index contributed by atoms with van der Waals surface area (Å²) in [7, 11) is -2.34. The van der Waals surface area contributed by atoms with E-state index < -0.39 is 27.6 Å². The van der Waals surface area contributed by atoms with E-state index in [2.05, 4.69) is 10.6 Å². The lowest BCUT2D eigenvalue weighted by atomic mass is 9.84. The number of nitrogens with zero attached hydrogens (tertiary/aromatic N) is 2. The molecule has 4 rings (SSSR count). The van der Waals surface area contributed by atoms with Crippen LogP contribution in [0.4, 0.5) is 21.0 Å². The minimum Gasteiger partial charge on any atom is -0.495 e. The number of methoxy groups -OCH3 is 2. The van der Waals surface area contributed by atoms with E-state index in [1.807, 2.05) is 13.8 Å². The second-order valence-electron chi connectivity index (χ2n) is 9.05. The number of amides is 4. The summed E-state index contributed by atoms with van der Waals surface area (Å²) >= 11 is 12.8. The fraction of sp³-hybridized carbons (Fsp3) is 0.250. The molecule has 0 saturated heterocycles. The molecule has 0 fully saturated rings. The SMILES string of the molecule is CCN(CC)C(=O)Nc1ccc(S(=O)(=O)N2C(=O)C(NC(=O)OC)(c3ccccc3Cl)c3cc(Cl)ccc32)c(OC)c1. The topological polar surface area (TPSA) is 134 Å². The monoisotopic (exact) mass is 634 g/mol. The summed E-state index contributed by atoms with van der Waals surface area (Å²) in [6, 6.07) is 13.9. The Bertz CT molecular complexity index is 1660. The molecule has 0 spiro atoms. The number of anilines is 2. The van der Waals surface area contributed by atoms with Crippen molar-refractivity contribution in [3.05, 3.63) is 81.8 Å². The van der Waals surface area contributed by atoms with Gasteiger partial charge in [0, 0.05) is 46.0 Å². The summed E-state index contributed by atoms with van der Waals surface area (Å²) in [6.45, 7) is 4.60. The molecule has 0 saturated carbocycles. The van der Waals surface area contributed by atoms with Gasteiger partial charge in [0.05, 0.1) is 19.9 Å². The Balaban J connectivity index is 1.90. The van der Waals surface area contributed by atoms with Crippen molar-refractivity contribution in [2.24, 2.45) is 0 Å². The lowest BCUT2D eigenvalue weighted by Crippen LogP contribution is -2.54. The molecule has 3 aromatic rings. The van der Waals surface area contributed by atoms with Crippen molar-refractivity contribution in [3.63, 3.8) is 0 Å². The number of benzene rings is 3. The molecule has 0 aliphatic carbocycles. The van der Waals surface area contributed by atoms with Crippen LogP contribution >= 0.6 is 23.2 Å². The average molecular weight is 636 g/mol. The number of hydrogen-bond acceptors (Lipinski definition) is 7. The number of ether oxygens (including phenoxy) is 2. The van der Waals surface area contributed by atoms with E-state index in [9.17, 15) is 22.8 Å². The Morgan fingerprint density at radius 2 is 1.67 bits per heavy atom. The van der Waals surface area contributed by atoms with Crippen LogP contribution < -0.4 is 19.7 Å². The van der Waals surface area contributed by atoms with Crippen molar-refractivity contribution in [2.45, 2.75) is 24.3 Å². The number of alkyl carbamates (subject to hydrolysis) is 1. The molecule has 1 atom stereocenters. The van der Waals surface area contributed by atoms with Crippen molar-refractivity contribution in [1.29, 1.82) is 0 Å². The highest BCUT2D eigenvalue weighted by Crippen LogP contribution is 2.50. The Hall–Kier alpha value is -4.00. The number of rotatable bonds is 8. The molecule has 1 heterocycles. The fourth-order valence-electron chi connectivity index (χ4n) is 4.79. The minimum absolute atomic E-state index is 0.0594. The van der Waals surface area contributed by atoms with Crippen LogP contribution in [0.1, 0.15) is 25.0 Å².